The summed E-state index contributed by atoms with van der Waals surface area (Å²) in [6.07, 6.45) is 5.31. The largest absolute Gasteiger partial charge is 0.363 e. The molecule has 3 aromatic rings. The number of hydrogen-bond acceptors (Lipinski definition) is 5. The smallest absolute Gasteiger partial charge is 0.288 e. The number of anilines is 1. The second kappa shape index (κ2) is 8.85. The summed E-state index contributed by atoms with van der Waals surface area (Å²) in [4.78, 5) is 27.8. The van der Waals surface area contributed by atoms with Crippen LogP contribution in [0, 0.1) is 11.6 Å². The van der Waals surface area contributed by atoms with Gasteiger partial charge in [-0.1, -0.05) is 6.07 Å². The molecule has 3 heterocycles. The van der Waals surface area contributed by atoms with Crippen molar-refractivity contribution in [2.75, 3.05) is 11.9 Å². The van der Waals surface area contributed by atoms with E-state index in [0.29, 0.717) is 12.3 Å². The summed E-state index contributed by atoms with van der Waals surface area (Å²) in [5, 5.41) is 8.32. The number of fused-ring (bicyclic) bond motifs is 1. The van der Waals surface area contributed by atoms with Gasteiger partial charge in [0.25, 0.3) is 5.91 Å². The van der Waals surface area contributed by atoms with Crippen molar-refractivity contribution < 1.29 is 18.4 Å². The summed E-state index contributed by atoms with van der Waals surface area (Å²) in [5.74, 6) is -0.400. The van der Waals surface area contributed by atoms with Gasteiger partial charge in [-0.05, 0) is 25.3 Å². The van der Waals surface area contributed by atoms with E-state index in [2.05, 4.69) is 21.2 Å². The molecule has 1 saturated carbocycles. The van der Waals surface area contributed by atoms with Gasteiger partial charge < -0.3 is 10.6 Å². The molecule has 32 heavy (non-hydrogen) atoms. The van der Waals surface area contributed by atoms with Crippen molar-refractivity contribution in [3.8, 4) is 0 Å². The second-order valence-electron chi connectivity index (χ2n) is 7.85. The maximum Gasteiger partial charge on any atom is 0.288 e. The van der Waals surface area contributed by atoms with Crippen LogP contribution in [0.4, 0.5) is 14.6 Å². The molecule has 0 radical (unpaired) electrons. The number of primary amides is 1. The lowest BCUT2D eigenvalue weighted by atomic mass is 10.2. The van der Waals surface area contributed by atoms with Crippen molar-refractivity contribution in [2.24, 2.45) is 5.73 Å². The van der Waals surface area contributed by atoms with Crippen molar-refractivity contribution >= 4 is 17.6 Å². The van der Waals surface area contributed by atoms with E-state index in [-0.39, 0.29) is 23.8 Å². The Balaban J connectivity index is 0.000000154. The third kappa shape index (κ3) is 4.82. The van der Waals surface area contributed by atoms with Crippen molar-refractivity contribution in [3.05, 3.63) is 59.3 Å². The van der Waals surface area contributed by atoms with Gasteiger partial charge in [-0.25, -0.2) is 23.1 Å². The number of benzene rings is 1. The zero-order valence-corrected chi connectivity index (χ0v) is 17.5. The lowest BCUT2D eigenvalue weighted by Gasteiger charge is -2.13. The Kier molecular flexibility index (Phi) is 5.97. The second-order valence-corrected chi connectivity index (χ2v) is 7.85. The minimum atomic E-state index is -0.761. The van der Waals surface area contributed by atoms with E-state index in [4.69, 9.17) is 5.73 Å². The molecule has 0 atom stereocenters. The number of hydrogen-bond donors (Lipinski definition) is 1. The third-order valence-electron chi connectivity index (χ3n) is 5.36. The molecule has 2 aliphatic rings. The number of carbonyl (C=O) groups is 2. The molecular weight excluding hydrogens is 420 g/mol. The predicted octanol–water partition coefficient (Wildman–Crippen LogP) is 2.22. The number of amides is 2. The van der Waals surface area contributed by atoms with Gasteiger partial charge in [0.05, 0.1) is 12.2 Å². The molecule has 1 aliphatic carbocycles. The molecule has 11 heteroatoms. The highest BCUT2D eigenvalue weighted by atomic mass is 19.1. The summed E-state index contributed by atoms with van der Waals surface area (Å²) in [6, 6.07) is 5.31. The molecule has 5 rings (SSSR count). The molecular formula is C21H23F2N7O2. The molecule has 2 aromatic heterocycles. The fourth-order valence-corrected chi connectivity index (χ4v) is 3.42. The molecule has 1 fully saturated rings. The minimum Gasteiger partial charge on any atom is -0.363 e. The quantitative estimate of drug-likeness (QED) is 0.665. The van der Waals surface area contributed by atoms with Crippen LogP contribution >= 0.6 is 0 Å². The molecule has 9 nitrogen and oxygen atoms in total. The number of carbonyl (C=O) groups excluding carboxylic acids is 2. The lowest BCUT2D eigenvalue weighted by molar-refractivity contribution is -0.118. The van der Waals surface area contributed by atoms with Gasteiger partial charge in [0.1, 0.15) is 23.8 Å². The summed E-state index contributed by atoms with van der Waals surface area (Å²) >= 11 is 0. The third-order valence-corrected chi connectivity index (χ3v) is 5.36. The Morgan fingerprint density at radius 3 is 2.66 bits per heavy atom. The molecule has 0 unspecified atom stereocenters. The zero-order valence-electron chi connectivity index (χ0n) is 17.5. The first-order valence-corrected chi connectivity index (χ1v) is 10.3. The SMILES string of the molecule is CN1C(=O)CCCn2nc(C3CC3)cc21.NC(=O)c1ncn(Cc2ccc(F)cc2F)n1. The highest BCUT2D eigenvalue weighted by molar-refractivity contribution is 5.92. The maximum absolute atomic E-state index is 13.3. The first-order chi connectivity index (χ1) is 15.3. The molecule has 0 spiro atoms. The minimum absolute atomic E-state index is 0.0480. The van der Waals surface area contributed by atoms with Gasteiger partial charge >= 0.3 is 0 Å². The Morgan fingerprint density at radius 2 is 2.00 bits per heavy atom. The van der Waals surface area contributed by atoms with E-state index in [0.717, 1.165) is 30.9 Å². The highest BCUT2D eigenvalue weighted by Gasteiger charge is 2.29. The Labute approximate surface area is 182 Å². The fourth-order valence-electron chi connectivity index (χ4n) is 3.42. The summed E-state index contributed by atoms with van der Waals surface area (Å²) in [5.41, 5.74) is 6.38. The molecule has 1 aliphatic heterocycles. The first-order valence-electron chi connectivity index (χ1n) is 10.3. The van der Waals surface area contributed by atoms with Gasteiger partial charge in [0.15, 0.2) is 0 Å². The predicted molar refractivity (Wildman–Crippen MR) is 111 cm³/mol. The number of rotatable bonds is 4. The van der Waals surface area contributed by atoms with Crippen LogP contribution in [0.1, 0.15) is 53.5 Å². The number of nitrogens with zero attached hydrogens (tertiary/aromatic N) is 6. The molecule has 2 N–H and O–H groups in total. The van der Waals surface area contributed by atoms with Crippen LogP contribution < -0.4 is 10.6 Å². The van der Waals surface area contributed by atoms with Crippen LogP contribution in [-0.4, -0.2) is 43.4 Å². The fraction of sp³-hybridized carbons (Fsp3) is 0.381. The summed E-state index contributed by atoms with van der Waals surface area (Å²) in [6.45, 7) is 0.921. The van der Waals surface area contributed by atoms with Gasteiger partial charge in [-0.15, -0.1) is 5.10 Å². The monoisotopic (exact) mass is 443 g/mol. The van der Waals surface area contributed by atoms with E-state index < -0.39 is 17.5 Å². The van der Waals surface area contributed by atoms with E-state index >= 15 is 0 Å². The van der Waals surface area contributed by atoms with E-state index in [9.17, 15) is 18.4 Å². The number of aryl methyl sites for hydroxylation is 1. The topological polar surface area (TPSA) is 112 Å². The normalized spacial score (nSPS) is 15.6. The van der Waals surface area contributed by atoms with Gasteiger partial charge in [-0.2, -0.15) is 5.10 Å². The molecule has 168 valence electrons. The molecule has 1 aromatic carbocycles. The van der Waals surface area contributed by atoms with Gasteiger partial charge in [0, 0.05) is 43.6 Å². The van der Waals surface area contributed by atoms with E-state index in [1.165, 1.54) is 35.6 Å². The summed E-state index contributed by atoms with van der Waals surface area (Å²) in [7, 11) is 1.85. The Hall–Kier alpha value is -3.63. The zero-order chi connectivity index (χ0) is 22.8. The van der Waals surface area contributed by atoms with Crippen LogP contribution in [0.5, 0.6) is 0 Å². The van der Waals surface area contributed by atoms with Crippen molar-refractivity contribution in [1.29, 1.82) is 0 Å². The van der Waals surface area contributed by atoms with E-state index in [1.807, 2.05) is 11.7 Å². The van der Waals surface area contributed by atoms with Crippen molar-refractivity contribution in [1.82, 2.24) is 24.5 Å². The van der Waals surface area contributed by atoms with Crippen LogP contribution in [-0.2, 0) is 17.9 Å². The van der Waals surface area contributed by atoms with E-state index in [1.54, 1.807) is 4.90 Å². The highest BCUT2D eigenvalue weighted by Crippen LogP contribution is 2.40. The number of nitrogens with two attached hydrogens (primary N) is 1. The first kappa shape index (κ1) is 21.6. The van der Waals surface area contributed by atoms with Crippen LogP contribution in [0.25, 0.3) is 0 Å². The van der Waals surface area contributed by atoms with Crippen molar-refractivity contribution in [2.45, 2.75) is 44.7 Å². The van der Waals surface area contributed by atoms with Crippen LogP contribution in [0.2, 0.25) is 0 Å². The van der Waals surface area contributed by atoms with Gasteiger partial charge in [-0.3, -0.25) is 9.59 Å². The average molecular weight is 443 g/mol. The Morgan fingerprint density at radius 1 is 1.22 bits per heavy atom. The average Bonchev–Trinajstić information content (AvgIpc) is 3.37. The maximum atomic E-state index is 13.3. The van der Waals surface area contributed by atoms with Crippen LogP contribution in [0.15, 0.2) is 30.6 Å². The van der Waals surface area contributed by atoms with Crippen molar-refractivity contribution in [3.63, 3.8) is 0 Å². The number of halogens is 2. The van der Waals surface area contributed by atoms with Gasteiger partial charge in [0.2, 0.25) is 11.7 Å². The molecule has 2 amide bonds. The lowest BCUT2D eigenvalue weighted by Crippen LogP contribution is -2.25. The molecule has 0 saturated heterocycles. The molecule has 0 bridgehead atoms. The Bertz CT molecular complexity index is 1150. The summed E-state index contributed by atoms with van der Waals surface area (Å²) < 4.78 is 29.2. The standard InChI is InChI=1S/C11H15N3O.C10H8F2N4O/c1-13-10-7-9(8-4-5-8)12-14(10)6-2-3-11(13)15;11-7-2-1-6(8(12)3-7)4-16-5-14-10(15-16)9(13)17/h7-8H,2-6H2,1H3;1-3,5H,4H2,(H2,13,17). The van der Waals surface area contributed by atoms with Crippen LogP contribution in [0.3, 0.4) is 0 Å². The number of aromatic nitrogens is 5.